The Hall–Kier alpha value is -6.03. The summed E-state index contributed by atoms with van der Waals surface area (Å²) in [6.45, 7) is 0. The predicted molar refractivity (Wildman–Crippen MR) is 206 cm³/mol. The van der Waals surface area contributed by atoms with Crippen LogP contribution in [-0.2, 0) is 0 Å². The maximum absolute atomic E-state index is 4.82. The Morgan fingerprint density at radius 1 is 0.354 bits per heavy atom. The van der Waals surface area contributed by atoms with Gasteiger partial charge in [0.05, 0.1) is 10.2 Å². The van der Waals surface area contributed by atoms with E-state index in [1.54, 1.807) is 11.3 Å². The van der Waals surface area contributed by atoms with Gasteiger partial charge in [0.2, 0.25) is 0 Å². The fourth-order valence-corrected chi connectivity index (χ4v) is 7.52. The van der Waals surface area contributed by atoms with Crippen molar-refractivity contribution in [2.24, 2.45) is 0 Å². The molecule has 0 unspecified atom stereocenters. The molecule has 0 saturated carbocycles. The molecule has 0 bridgehead atoms. The number of nitrogens with zero attached hydrogens (tertiary/aromatic N) is 2. The third kappa shape index (κ3) is 5.30. The lowest BCUT2D eigenvalue weighted by Gasteiger charge is -2.26. The zero-order chi connectivity index (χ0) is 31.9. The topological polar surface area (TPSA) is 16.1 Å². The highest BCUT2D eigenvalue weighted by Crippen LogP contribution is 2.38. The summed E-state index contributed by atoms with van der Waals surface area (Å²) in [4.78, 5) is 7.15. The molecule has 226 valence electrons. The highest BCUT2D eigenvalue weighted by molar-refractivity contribution is 7.21. The van der Waals surface area contributed by atoms with E-state index in [1.807, 2.05) is 6.07 Å². The van der Waals surface area contributed by atoms with E-state index in [0.717, 1.165) is 33.1 Å². The van der Waals surface area contributed by atoms with Gasteiger partial charge in [0.1, 0.15) is 5.01 Å². The van der Waals surface area contributed by atoms with E-state index >= 15 is 0 Å². The second-order valence-corrected chi connectivity index (χ2v) is 13.1. The Kier molecular flexibility index (Phi) is 7.03. The van der Waals surface area contributed by atoms with Gasteiger partial charge in [0.25, 0.3) is 0 Å². The Morgan fingerprint density at radius 3 is 1.48 bits per heavy atom. The van der Waals surface area contributed by atoms with Crippen LogP contribution in [0.2, 0.25) is 0 Å². The molecule has 0 saturated heterocycles. The summed E-state index contributed by atoms with van der Waals surface area (Å²) in [5.74, 6) is 0. The van der Waals surface area contributed by atoms with Gasteiger partial charge >= 0.3 is 0 Å². The largest absolute Gasteiger partial charge is 0.310 e. The third-order valence-corrected chi connectivity index (χ3v) is 10.1. The van der Waals surface area contributed by atoms with Crippen molar-refractivity contribution in [1.82, 2.24) is 4.98 Å². The Labute approximate surface area is 283 Å². The maximum Gasteiger partial charge on any atom is 0.124 e. The van der Waals surface area contributed by atoms with Crippen molar-refractivity contribution in [3.05, 3.63) is 182 Å². The summed E-state index contributed by atoms with van der Waals surface area (Å²) in [5, 5.41) is 6.05. The number of anilines is 3. The van der Waals surface area contributed by atoms with E-state index in [0.29, 0.717) is 0 Å². The SMILES string of the molecule is c1ccc(N(c2ccc(-c3ccc(-c4ccc(-c5nc6ccccc6s5)cc4)cc3)cc2)c2ccc3cc4ccccc4cc3c2)cc1. The van der Waals surface area contributed by atoms with E-state index < -0.39 is 0 Å². The molecule has 48 heavy (non-hydrogen) atoms. The zero-order valence-electron chi connectivity index (χ0n) is 26.1. The van der Waals surface area contributed by atoms with Crippen LogP contribution in [0.5, 0.6) is 0 Å². The first kappa shape index (κ1) is 28.2. The van der Waals surface area contributed by atoms with Crippen molar-refractivity contribution in [3.8, 4) is 32.8 Å². The van der Waals surface area contributed by atoms with Crippen molar-refractivity contribution in [2.75, 3.05) is 4.90 Å². The maximum atomic E-state index is 4.82. The molecule has 3 heteroatoms. The molecule has 0 aliphatic carbocycles. The smallest absolute Gasteiger partial charge is 0.124 e. The monoisotopic (exact) mass is 630 g/mol. The first-order valence-corrected chi connectivity index (χ1v) is 17.0. The van der Waals surface area contributed by atoms with Crippen molar-refractivity contribution >= 4 is 60.2 Å². The number of thiazole rings is 1. The fraction of sp³-hybridized carbons (Fsp3) is 0. The molecule has 0 aliphatic heterocycles. The van der Waals surface area contributed by atoms with Gasteiger partial charge in [-0.05, 0) is 104 Å². The Morgan fingerprint density at radius 2 is 0.833 bits per heavy atom. The summed E-state index contributed by atoms with van der Waals surface area (Å²) in [7, 11) is 0. The molecule has 0 fully saturated rings. The predicted octanol–water partition coefficient (Wildman–Crippen LogP) is 13.1. The van der Waals surface area contributed by atoms with Gasteiger partial charge < -0.3 is 4.90 Å². The summed E-state index contributed by atoms with van der Waals surface area (Å²) in [5.41, 5.74) is 10.4. The van der Waals surface area contributed by atoms with Gasteiger partial charge in [-0.3, -0.25) is 0 Å². The molecule has 0 radical (unpaired) electrons. The molecule has 0 aliphatic rings. The lowest BCUT2D eigenvalue weighted by atomic mass is 9.99. The van der Waals surface area contributed by atoms with Crippen LogP contribution < -0.4 is 4.90 Å². The van der Waals surface area contributed by atoms with Gasteiger partial charge in [0, 0.05) is 22.6 Å². The van der Waals surface area contributed by atoms with Gasteiger partial charge in [0.15, 0.2) is 0 Å². The van der Waals surface area contributed by atoms with Gasteiger partial charge in [-0.2, -0.15) is 0 Å². The summed E-state index contributed by atoms with van der Waals surface area (Å²) < 4.78 is 1.22. The van der Waals surface area contributed by atoms with E-state index in [9.17, 15) is 0 Å². The zero-order valence-corrected chi connectivity index (χ0v) is 26.9. The minimum atomic E-state index is 1.06. The molecular weight excluding hydrogens is 601 g/mol. The van der Waals surface area contributed by atoms with Gasteiger partial charge in [-0.15, -0.1) is 11.3 Å². The fourth-order valence-electron chi connectivity index (χ4n) is 6.55. The number of benzene rings is 8. The van der Waals surface area contributed by atoms with E-state index in [2.05, 4.69) is 181 Å². The minimum Gasteiger partial charge on any atom is -0.310 e. The lowest BCUT2D eigenvalue weighted by molar-refractivity contribution is 1.29. The second-order valence-electron chi connectivity index (χ2n) is 12.1. The molecule has 0 amide bonds. The third-order valence-electron chi connectivity index (χ3n) is 9.06. The van der Waals surface area contributed by atoms with Gasteiger partial charge in [-0.1, -0.05) is 121 Å². The average Bonchev–Trinajstić information content (AvgIpc) is 3.60. The van der Waals surface area contributed by atoms with Crippen LogP contribution in [-0.4, -0.2) is 4.98 Å². The van der Waals surface area contributed by atoms with Crippen molar-refractivity contribution in [2.45, 2.75) is 0 Å². The number of hydrogen-bond donors (Lipinski definition) is 0. The number of rotatable bonds is 6. The van der Waals surface area contributed by atoms with E-state index in [4.69, 9.17) is 4.98 Å². The van der Waals surface area contributed by atoms with E-state index in [-0.39, 0.29) is 0 Å². The summed E-state index contributed by atoms with van der Waals surface area (Å²) in [6, 6.07) is 65.3. The first-order chi connectivity index (χ1) is 23.7. The first-order valence-electron chi connectivity index (χ1n) is 16.2. The van der Waals surface area contributed by atoms with Crippen molar-refractivity contribution < 1.29 is 0 Å². The van der Waals surface area contributed by atoms with Gasteiger partial charge in [-0.25, -0.2) is 4.98 Å². The molecule has 0 N–H and O–H groups in total. The standard InChI is InChI=1S/C45H30N2S/c1-2-10-40(11-3-1)47(42-27-24-38-28-36-8-4-5-9-37(36)29-39(38)30-42)41-25-22-34(23-26-41)32-16-14-31(15-17-32)33-18-20-35(21-19-33)45-46-43-12-6-7-13-44(43)48-45/h1-30H. The molecule has 9 rings (SSSR count). The molecule has 1 heterocycles. The van der Waals surface area contributed by atoms with Crippen LogP contribution >= 0.6 is 11.3 Å². The summed E-state index contributed by atoms with van der Waals surface area (Å²) >= 11 is 1.74. The molecule has 9 aromatic rings. The second kappa shape index (κ2) is 12.0. The molecule has 8 aromatic carbocycles. The van der Waals surface area contributed by atoms with Crippen molar-refractivity contribution in [3.63, 3.8) is 0 Å². The Balaban J connectivity index is 0.991. The lowest BCUT2D eigenvalue weighted by Crippen LogP contribution is -2.09. The molecule has 0 spiro atoms. The quantitative estimate of drug-likeness (QED) is 0.170. The van der Waals surface area contributed by atoms with Crippen molar-refractivity contribution in [1.29, 1.82) is 0 Å². The Bertz CT molecular complexity index is 2500. The number of para-hydroxylation sites is 2. The number of aromatic nitrogens is 1. The van der Waals surface area contributed by atoms with Crippen LogP contribution in [0, 0.1) is 0 Å². The highest BCUT2D eigenvalue weighted by atomic mass is 32.1. The molecular formula is C45H30N2S. The molecule has 1 aromatic heterocycles. The van der Waals surface area contributed by atoms with Crippen LogP contribution in [0.1, 0.15) is 0 Å². The normalized spacial score (nSPS) is 11.3. The van der Waals surface area contributed by atoms with E-state index in [1.165, 1.54) is 48.5 Å². The summed E-state index contributed by atoms with van der Waals surface area (Å²) in [6.07, 6.45) is 0. The van der Waals surface area contributed by atoms with Crippen LogP contribution in [0.4, 0.5) is 17.1 Å². The number of hydrogen-bond acceptors (Lipinski definition) is 3. The van der Waals surface area contributed by atoms with Crippen LogP contribution in [0.15, 0.2) is 182 Å². The van der Waals surface area contributed by atoms with Crippen LogP contribution in [0.25, 0.3) is 64.6 Å². The molecule has 0 atom stereocenters. The highest BCUT2D eigenvalue weighted by Gasteiger charge is 2.14. The minimum absolute atomic E-state index is 1.06. The number of fused-ring (bicyclic) bond motifs is 3. The van der Waals surface area contributed by atoms with Crippen LogP contribution in [0.3, 0.4) is 0 Å². The average molecular weight is 631 g/mol. The molecule has 2 nitrogen and oxygen atoms in total.